The zero-order chi connectivity index (χ0) is 23.4. The summed E-state index contributed by atoms with van der Waals surface area (Å²) in [4.78, 5) is 23.0. The van der Waals surface area contributed by atoms with Crippen LogP contribution in [0.1, 0.15) is 40.2 Å². The van der Waals surface area contributed by atoms with Crippen LogP contribution in [0.15, 0.2) is 60.9 Å². The second-order valence-corrected chi connectivity index (χ2v) is 9.92. The van der Waals surface area contributed by atoms with E-state index in [0.717, 1.165) is 24.7 Å². The molecule has 1 aliphatic heterocycles. The largest absolute Gasteiger partial charge is 0.424 e. The number of carbonyl (C=O) groups excluding carboxylic acids is 1. The van der Waals surface area contributed by atoms with Gasteiger partial charge in [0.25, 0.3) is 5.91 Å². The van der Waals surface area contributed by atoms with Crippen LogP contribution < -0.4 is 9.46 Å². The number of nitrogens with zero attached hydrogens (tertiary/aromatic N) is 3. The van der Waals surface area contributed by atoms with E-state index in [9.17, 15) is 13.2 Å². The summed E-state index contributed by atoms with van der Waals surface area (Å²) in [5, 5.41) is 0. The molecule has 0 unspecified atom stereocenters. The predicted octanol–water partition coefficient (Wildman–Crippen LogP) is 3.97. The number of likely N-dealkylation sites (tertiary alicyclic amines) is 1. The quantitative estimate of drug-likeness (QED) is 0.590. The fourth-order valence-electron chi connectivity index (χ4n) is 3.91. The Kier molecular flexibility index (Phi) is 6.60. The molecule has 172 valence electrons. The summed E-state index contributed by atoms with van der Waals surface area (Å²) >= 11 is 0. The average Bonchev–Trinajstić information content (AvgIpc) is 2.80. The van der Waals surface area contributed by atoms with Crippen molar-refractivity contribution in [3.05, 3.63) is 77.6 Å². The highest BCUT2D eigenvalue weighted by atomic mass is 32.2. The number of ether oxygens (including phenoxy) is 1. The smallest absolute Gasteiger partial charge is 0.321 e. The first-order valence-corrected chi connectivity index (χ1v) is 12.6. The molecule has 8 nitrogen and oxygen atoms in total. The van der Waals surface area contributed by atoms with Crippen LogP contribution in [0.5, 0.6) is 11.8 Å². The lowest BCUT2D eigenvalue weighted by molar-refractivity contribution is 0.0713. The minimum absolute atomic E-state index is 0.0865. The summed E-state index contributed by atoms with van der Waals surface area (Å²) in [6.45, 7) is 3.08. The molecule has 1 saturated heterocycles. The maximum absolute atomic E-state index is 13.0. The Labute approximate surface area is 193 Å². The SMILES string of the molecule is Cc1ccc(C(=O)N2CCC(c3ccc(Oc4ncccn4)cc3)CC2)cc1NS(C)(=O)=O. The zero-order valence-corrected chi connectivity index (χ0v) is 19.4. The molecule has 1 amide bonds. The lowest BCUT2D eigenvalue weighted by Crippen LogP contribution is -2.38. The normalized spacial score (nSPS) is 14.7. The number of anilines is 1. The summed E-state index contributed by atoms with van der Waals surface area (Å²) in [5.41, 5.74) is 2.89. The lowest BCUT2D eigenvalue weighted by atomic mass is 9.89. The summed E-state index contributed by atoms with van der Waals surface area (Å²) in [6.07, 6.45) is 6.07. The number of sulfonamides is 1. The number of benzene rings is 2. The first kappa shape index (κ1) is 22.7. The van der Waals surface area contributed by atoms with E-state index in [0.29, 0.717) is 42.0 Å². The molecule has 3 aromatic rings. The molecular formula is C24H26N4O4S. The van der Waals surface area contributed by atoms with Crippen molar-refractivity contribution in [2.24, 2.45) is 0 Å². The van der Waals surface area contributed by atoms with Gasteiger partial charge in [0.2, 0.25) is 10.0 Å². The highest BCUT2D eigenvalue weighted by molar-refractivity contribution is 7.92. The highest BCUT2D eigenvalue weighted by Gasteiger charge is 2.25. The Morgan fingerprint density at radius 1 is 1.06 bits per heavy atom. The van der Waals surface area contributed by atoms with E-state index in [4.69, 9.17) is 4.74 Å². The summed E-state index contributed by atoms with van der Waals surface area (Å²) in [6, 6.07) is 15.1. The second kappa shape index (κ2) is 9.58. The molecule has 1 fully saturated rings. The van der Waals surface area contributed by atoms with Gasteiger partial charge < -0.3 is 9.64 Å². The Hall–Kier alpha value is -3.46. The number of rotatable bonds is 6. The van der Waals surface area contributed by atoms with Gasteiger partial charge in [-0.1, -0.05) is 18.2 Å². The number of piperidine rings is 1. The van der Waals surface area contributed by atoms with Crippen LogP contribution in [0, 0.1) is 6.92 Å². The maximum atomic E-state index is 13.0. The molecule has 2 heterocycles. The van der Waals surface area contributed by atoms with Crippen molar-refractivity contribution in [2.45, 2.75) is 25.7 Å². The van der Waals surface area contributed by atoms with Gasteiger partial charge in [-0.05, 0) is 67.1 Å². The van der Waals surface area contributed by atoms with Gasteiger partial charge in [0.15, 0.2) is 0 Å². The molecule has 0 atom stereocenters. The van der Waals surface area contributed by atoms with Crippen molar-refractivity contribution >= 4 is 21.6 Å². The Balaban J connectivity index is 1.37. The summed E-state index contributed by atoms with van der Waals surface area (Å²) < 4.78 is 31.3. The molecule has 33 heavy (non-hydrogen) atoms. The number of hydrogen-bond donors (Lipinski definition) is 1. The second-order valence-electron chi connectivity index (χ2n) is 8.17. The molecule has 2 aromatic carbocycles. The van der Waals surface area contributed by atoms with Crippen molar-refractivity contribution in [2.75, 3.05) is 24.1 Å². The van der Waals surface area contributed by atoms with Crippen LogP contribution in [0.3, 0.4) is 0 Å². The van der Waals surface area contributed by atoms with Crippen molar-refractivity contribution in [3.8, 4) is 11.8 Å². The minimum atomic E-state index is -3.42. The van der Waals surface area contributed by atoms with Gasteiger partial charge in [-0.15, -0.1) is 0 Å². The fourth-order valence-corrected chi connectivity index (χ4v) is 4.53. The minimum Gasteiger partial charge on any atom is -0.424 e. The summed E-state index contributed by atoms with van der Waals surface area (Å²) in [7, 11) is -3.42. The van der Waals surface area contributed by atoms with E-state index in [1.54, 1.807) is 43.6 Å². The third kappa shape index (κ3) is 5.87. The maximum Gasteiger partial charge on any atom is 0.321 e. The molecule has 0 radical (unpaired) electrons. The molecule has 1 aromatic heterocycles. The summed E-state index contributed by atoms with van der Waals surface area (Å²) in [5.74, 6) is 0.948. The van der Waals surface area contributed by atoms with Gasteiger partial charge in [0, 0.05) is 31.0 Å². The van der Waals surface area contributed by atoms with Crippen molar-refractivity contribution in [3.63, 3.8) is 0 Å². The Morgan fingerprint density at radius 3 is 2.36 bits per heavy atom. The van der Waals surface area contributed by atoms with Gasteiger partial charge >= 0.3 is 6.01 Å². The van der Waals surface area contributed by atoms with E-state index in [2.05, 4.69) is 14.7 Å². The van der Waals surface area contributed by atoms with E-state index in [-0.39, 0.29) is 5.91 Å². The van der Waals surface area contributed by atoms with Gasteiger partial charge in [-0.25, -0.2) is 18.4 Å². The van der Waals surface area contributed by atoms with Crippen molar-refractivity contribution < 1.29 is 17.9 Å². The van der Waals surface area contributed by atoms with E-state index >= 15 is 0 Å². The Morgan fingerprint density at radius 2 is 1.73 bits per heavy atom. The third-order valence-corrected chi connectivity index (χ3v) is 6.26. The number of aryl methyl sites for hydroxylation is 1. The van der Waals surface area contributed by atoms with Crippen LogP contribution in [0.25, 0.3) is 0 Å². The average molecular weight is 467 g/mol. The number of carbonyl (C=O) groups is 1. The number of nitrogens with one attached hydrogen (secondary N) is 1. The molecule has 9 heteroatoms. The van der Waals surface area contributed by atoms with Crippen LogP contribution in [0.4, 0.5) is 5.69 Å². The van der Waals surface area contributed by atoms with Crippen molar-refractivity contribution in [1.82, 2.24) is 14.9 Å². The van der Waals surface area contributed by atoms with E-state index < -0.39 is 10.0 Å². The highest BCUT2D eigenvalue weighted by Crippen LogP contribution is 2.31. The molecule has 1 aliphatic rings. The number of amides is 1. The predicted molar refractivity (Wildman–Crippen MR) is 126 cm³/mol. The van der Waals surface area contributed by atoms with Crippen LogP contribution in [0.2, 0.25) is 0 Å². The van der Waals surface area contributed by atoms with Gasteiger partial charge in [0.1, 0.15) is 5.75 Å². The van der Waals surface area contributed by atoms with Gasteiger partial charge in [-0.2, -0.15) is 0 Å². The molecule has 0 bridgehead atoms. The topological polar surface area (TPSA) is 101 Å². The molecular weight excluding hydrogens is 440 g/mol. The first-order chi connectivity index (χ1) is 15.8. The van der Waals surface area contributed by atoms with E-state index in [1.165, 1.54) is 5.56 Å². The number of aromatic nitrogens is 2. The monoisotopic (exact) mass is 466 g/mol. The van der Waals surface area contributed by atoms with Crippen LogP contribution >= 0.6 is 0 Å². The van der Waals surface area contributed by atoms with E-state index in [1.807, 2.05) is 29.2 Å². The molecule has 0 saturated carbocycles. The standard InChI is InChI=1S/C24H26N4O4S/c1-17-4-5-20(16-22(17)27-33(2,30)31)23(29)28-14-10-19(11-15-28)18-6-8-21(9-7-18)32-24-25-12-3-13-26-24/h3-9,12-13,16,19,27H,10-11,14-15H2,1-2H3. The Bertz CT molecular complexity index is 1220. The van der Waals surface area contributed by atoms with Crippen molar-refractivity contribution in [1.29, 1.82) is 0 Å². The molecule has 0 spiro atoms. The fraction of sp³-hybridized carbons (Fsp3) is 0.292. The zero-order valence-electron chi connectivity index (χ0n) is 18.6. The van der Waals surface area contributed by atoms with Gasteiger partial charge in [-0.3, -0.25) is 9.52 Å². The molecule has 0 aliphatic carbocycles. The lowest BCUT2D eigenvalue weighted by Gasteiger charge is -2.32. The van der Waals surface area contributed by atoms with Crippen LogP contribution in [-0.2, 0) is 10.0 Å². The van der Waals surface area contributed by atoms with Crippen LogP contribution in [-0.4, -0.2) is 48.5 Å². The van der Waals surface area contributed by atoms with Gasteiger partial charge in [0.05, 0.1) is 11.9 Å². The molecule has 1 N–H and O–H groups in total. The first-order valence-electron chi connectivity index (χ1n) is 10.7. The molecule has 4 rings (SSSR count). The third-order valence-electron chi connectivity index (χ3n) is 5.66. The number of hydrogen-bond acceptors (Lipinski definition) is 6.